The summed E-state index contributed by atoms with van der Waals surface area (Å²) in [7, 11) is 3.28. The van der Waals surface area contributed by atoms with Crippen molar-refractivity contribution >= 4 is 15.9 Å². The van der Waals surface area contributed by atoms with Gasteiger partial charge in [0, 0.05) is 11.6 Å². The molecule has 1 atom stereocenters. The first-order valence-electron chi connectivity index (χ1n) is 6.50. The van der Waals surface area contributed by atoms with Crippen molar-refractivity contribution in [1.29, 1.82) is 0 Å². The van der Waals surface area contributed by atoms with Gasteiger partial charge in [0.1, 0.15) is 17.4 Å². The maximum absolute atomic E-state index is 13.9. The van der Waals surface area contributed by atoms with Crippen LogP contribution in [0, 0.1) is 11.6 Å². The van der Waals surface area contributed by atoms with Crippen LogP contribution in [-0.2, 0) is 6.42 Å². The highest BCUT2D eigenvalue weighted by Gasteiger charge is 2.19. The van der Waals surface area contributed by atoms with Crippen LogP contribution in [0.25, 0.3) is 0 Å². The molecule has 0 fully saturated rings. The Morgan fingerprint density at radius 2 is 1.86 bits per heavy atom. The SMILES string of the molecule is CNC(Cc1ccc(OC)c(Br)c1)c1c(F)cccc1F. The first kappa shape index (κ1) is 15.9. The van der Waals surface area contributed by atoms with E-state index in [9.17, 15) is 8.78 Å². The summed E-state index contributed by atoms with van der Waals surface area (Å²) >= 11 is 3.41. The molecule has 2 aromatic carbocycles. The minimum absolute atomic E-state index is 0.0620. The summed E-state index contributed by atoms with van der Waals surface area (Å²) in [4.78, 5) is 0. The fraction of sp³-hybridized carbons (Fsp3) is 0.250. The Balaban J connectivity index is 2.29. The molecule has 0 aliphatic heterocycles. The molecule has 112 valence electrons. The van der Waals surface area contributed by atoms with Crippen LogP contribution in [0.4, 0.5) is 8.78 Å². The average Bonchev–Trinajstić information content (AvgIpc) is 2.46. The number of benzene rings is 2. The van der Waals surface area contributed by atoms with Gasteiger partial charge in [-0.1, -0.05) is 12.1 Å². The highest BCUT2D eigenvalue weighted by Crippen LogP contribution is 2.29. The predicted octanol–water partition coefficient (Wildman–Crippen LogP) is 4.24. The molecule has 0 amide bonds. The Kier molecular flexibility index (Phi) is 5.31. The van der Waals surface area contributed by atoms with Crippen molar-refractivity contribution < 1.29 is 13.5 Å². The van der Waals surface area contributed by atoms with Crippen LogP contribution >= 0.6 is 15.9 Å². The molecule has 1 unspecified atom stereocenters. The number of methoxy groups -OCH3 is 1. The van der Waals surface area contributed by atoms with Crippen LogP contribution in [0.2, 0.25) is 0 Å². The maximum atomic E-state index is 13.9. The highest BCUT2D eigenvalue weighted by atomic mass is 79.9. The fourth-order valence-corrected chi connectivity index (χ4v) is 2.85. The Hall–Kier alpha value is -1.46. The van der Waals surface area contributed by atoms with Crippen LogP contribution in [0.1, 0.15) is 17.2 Å². The lowest BCUT2D eigenvalue weighted by Gasteiger charge is -2.18. The van der Waals surface area contributed by atoms with Crippen molar-refractivity contribution in [3.8, 4) is 5.75 Å². The van der Waals surface area contributed by atoms with Gasteiger partial charge in [0.15, 0.2) is 0 Å². The van der Waals surface area contributed by atoms with E-state index in [1.54, 1.807) is 14.2 Å². The summed E-state index contributed by atoms with van der Waals surface area (Å²) in [6, 6.07) is 9.06. The molecule has 21 heavy (non-hydrogen) atoms. The normalized spacial score (nSPS) is 12.2. The zero-order valence-electron chi connectivity index (χ0n) is 11.8. The molecule has 0 saturated carbocycles. The lowest BCUT2D eigenvalue weighted by atomic mass is 9.98. The fourth-order valence-electron chi connectivity index (χ4n) is 2.26. The third-order valence-corrected chi connectivity index (χ3v) is 3.97. The van der Waals surface area contributed by atoms with Crippen LogP contribution < -0.4 is 10.1 Å². The number of rotatable bonds is 5. The van der Waals surface area contributed by atoms with Crippen molar-refractivity contribution in [2.24, 2.45) is 0 Å². The number of halogens is 3. The van der Waals surface area contributed by atoms with Gasteiger partial charge in [-0.25, -0.2) is 8.78 Å². The molecule has 1 N–H and O–H groups in total. The molecule has 2 rings (SSSR count). The summed E-state index contributed by atoms with van der Waals surface area (Å²) in [6.07, 6.45) is 0.469. The van der Waals surface area contributed by atoms with E-state index in [4.69, 9.17) is 4.74 Å². The Morgan fingerprint density at radius 1 is 1.19 bits per heavy atom. The summed E-state index contributed by atoms with van der Waals surface area (Å²) in [5.41, 5.74) is 1.01. The minimum Gasteiger partial charge on any atom is -0.496 e. The van der Waals surface area contributed by atoms with Gasteiger partial charge in [-0.3, -0.25) is 0 Å². The highest BCUT2D eigenvalue weighted by molar-refractivity contribution is 9.10. The molecule has 0 radical (unpaired) electrons. The summed E-state index contributed by atoms with van der Waals surface area (Å²) < 4.78 is 33.7. The maximum Gasteiger partial charge on any atom is 0.133 e. The molecule has 0 aliphatic carbocycles. The van der Waals surface area contributed by atoms with Gasteiger partial charge in [0.2, 0.25) is 0 Å². The zero-order chi connectivity index (χ0) is 15.4. The van der Waals surface area contributed by atoms with E-state index < -0.39 is 17.7 Å². The topological polar surface area (TPSA) is 21.3 Å². The van der Waals surface area contributed by atoms with Crippen molar-refractivity contribution in [1.82, 2.24) is 5.32 Å². The van der Waals surface area contributed by atoms with Crippen LogP contribution in [0.15, 0.2) is 40.9 Å². The Labute approximate surface area is 131 Å². The van der Waals surface area contributed by atoms with Gasteiger partial charge < -0.3 is 10.1 Å². The third kappa shape index (κ3) is 3.60. The molecule has 0 aromatic heterocycles. The van der Waals surface area contributed by atoms with E-state index in [-0.39, 0.29) is 5.56 Å². The molecule has 0 bridgehead atoms. The average molecular weight is 356 g/mol. The lowest BCUT2D eigenvalue weighted by Crippen LogP contribution is -2.21. The second-order valence-corrected chi connectivity index (χ2v) is 5.50. The van der Waals surface area contributed by atoms with Gasteiger partial charge in [-0.05, 0) is 59.2 Å². The smallest absolute Gasteiger partial charge is 0.133 e. The molecule has 2 nitrogen and oxygen atoms in total. The van der Waals surface area contributed by atoms with E-state index in [2.05, 4.69) is 21.2 Å². The summed E-state index contributed by atoms with van der Waals surface area (Å²) in [5.74, 6) is -0.360. The first-order chi connectivity index (χ1) is 10.1. The number of hydrogen-bond donors (Lipinski definition) is 1. The van der Waals surface area contributed by atoms with Gasteiger partial charge in [-0.15, -0.1) is 0 Å². The second-order valence-electron chi connectivity index (χ2n) is 4.65. The van der Waals surface area contributed by atoms with Gasteiger partial charge in [-0.2, -0.15) is 0 Å². The monoisotopic (exact) mass is 355 g/mol. The van der Waals surface area contributed by atoms with Crippen LogP contribution in [0.5, 0.6) is 5.75 Å². The molecule has 0 saturated heterocycles. The van der Waals surface area contributed by atoms with E-state index in [0.717, 1.165) is 15.8 Å². The zero-order valence-corrected chi connectivity index (χ0v) is 13.4. The minimum atomic E-state index is -0.540. The predicted molar refractivity (Wildman–Crippen MR) is 82.6 cm³/mol. The molecule has 0 heterocycles. The third-order valence-electron chi connectivity index (χ3n) is 3.35. The van der Waals surface area contributed by atoms with Crippen LogP contribution in [0.3, 0.4) is 0 Å². The molecular weight excluding hydrogens is 340 g/mol. The molecular formula is C16H16BrF2NO. The molecule has 5 heteroatoms. The Bertz CT molecular complexity index is 613. The van der Waals surface area contributed by atoms with Gasteiger partial charge >= 0.3 is 0 Å². The van der Waals surface area contributed by atoms with E-state index in [0.29, 0.717) is 6.42 Å². The molecule has 0 spiro atoms. The van der Waals surface area contributed by atoms with E-state index >= 15 is 0 Å². The van der Waals surface area contributed by atoms with Crippen molar-refractivity contribution in [3.63, 3.8) is 0 Å². The number of ether oxygens (including phenoxy) is 1. The second kappa shape index (κ2) is 7.00. The van der Waals surface area contributed by atoms with E-state index in [1.807, 2.05) is 18.2 Å². The summed E-state index contributed by atoms with van der Waals surface area (Å²) in [5, 5.41) is 2.97. The van der Waals surface area contributed by atoms with Crippen molar-refractivity contribution in [2.45, 2.75) is 12.5 Å². The van der Waals surface area contributed by atoms with Gasteiger partial charge in [0.25, 0.3) is 0 Å². The Morgan fingerprint density at radius 3 is 2.38 bits per heavy atom. The number of likely N-dealkylation sites (N-methyl/N-ethyl adjacent to an activating group) is 1. The standard InChI is InChI=1S/C16H16BrF2NO/c1-20-14(16-12(18)4-3-5-13(16)19)9-10-6-7-15(21-2)11(17)8-10/h3-8,14,20H,9H2,1-2H3. The van der Waals surface area contributed by atoms with Crippen molar-refractivity contribution in [2.75, 3.05) is 14.2 Å². The van der Waals surface area contributed by atoms with Crippen molar-refractivity contribution in [3.05, 3.63) is 63.6 Å². The van der Waals surface area contributed by atoms with Gasteiger partial charge in [0.05, 0.1) is 11.6 Å². The largest absolute Gasteiger partial charge is 0.496 e. The number of hydrogen-bond acceptors (Lipinski definition) is 2. The summed E-state index contributed by atoms with van der Waals surface area (Å²) in [6.45, 7) is 0. The van der Waals surface area contributed by atoms with Crippen LogP contribution in [-0.4, -0.2) is 14.2 Å². The number of nitrogens with one attached hydrogen (secondary N) is 1. The molecule has 0 aliphatic rings. The molecule has 2 aromatic rings. The quantitative estimate of drug-likeness (QED) is 0.865. The lowest BCUT2D eigenvalue weighted by molar-refractivity contribution is 0.411. The van der Waals surface area contributed by atoms with E-state index in [1.165, 1.54) is 18.2 Å². The first-order valence-corrected chi connectivity index (χ1v) is 7.29.